The van der Waals surface area contributed by atoms with Crippen LogP contribution in [0.4, 0.5) is 0 Å². The van der Waals surface area contributed by atoms with Crippen LogP contribution < -0.4 is 10.1 Å². The maximum absolute atomic E-state index is 11.3. The summed E-state index contributed by atoms with van der Waals surface area (Å²) in [5, 5.41) is 11.0. The summed E-state index contributed by atoms with van der Waals surface area (Å²) in [6.07, 6.45) is 1.47. The molecule has 0 bridgehead atoms. The molecular weight excluding hydrogens is 184 g/mol. The number of nitrogens with one attached hydrogen (secondary N) is 1. The average Bonchev–Trinajstić information content (AvgIpc) is 2.26. The zero-order valence-corrected chi connectivity index (χ0v) is 7.86. The molecule has 5 heteroatoms. The fourth-order valence-corrected chi connectivity index (χ4v) is 0.895. The Hall–Kier alpha value is -1.62. The van der Waals surface area contributed by atoms with E-state index in [0.29, 0.717) is 11.4 Å². The number of amides is 1. The predicted octanol–water partition coefficient (Wildman–Crippen LogP) is -0.188. The molecule has 0 fully saturated rings. The Labute approximate surface area is 81.7 Å². The van der Waals surface area contributed by atoms with Gasteiger partial charge in [-0.05, 0) is 12.1 Å². The van der Waals surface area contributed by atoms with Crippen LogP contribution in [0.1, 0.15) is 10.5 Å². The lowest BCUT2D eigenvalue weighted by Crippen LogP contribution is -2.27. The Kier molecular flexibility index (Phi) is 3.87. The van der Waals surface area contributed by atoms with E-state index in [9.17, 15) is 4.79 Å². The number of methoxy groups -OCH3 is 1. The van der Waals surface area contributed by atoms with Gasteiger partial charge in [-0.15, -0.1) is 0 Å². The molecule has 0 atom stereocenters. The number of hydrogen-bond donors (Lipinski definition) is 2. The smallest absolute Gasteiger partial charge is 0.269 e. The number of hydrogen-bond acceptors (Lipinski definition) is 4. The molecule has 1 aromatic rings. The predicted molar refractivity (Wildman–Crippen MR) is 50.2 cm³/mol. The average molecular weight is 196 g/mol. The number of carbonyl (C=O) groups is 1. The molecule has 1 rings (SSSR count). The van der Waals surface area contributed by atoms with Crippen LogP contribution in [0.5, 0.6) is 5.75 Å². The lowest BCUT2D eigenvalue weighted by Gasteiger charge is -2.03. The molecule has 0 saturated carbocycles. The third kappa shape index (κ3) is 2.70. The number of ether oxygens (including phenoxy) is 1. The largest absolute Gasteiger partial charge is 0.495 e. The van der Waals surface area contributed by atoms with E-state index in [2.05, 4.69) is 10.3 Å². The molecule has 1 heterocycles. The normalized spacial score (nSPS) is 9.57. The lowest BCUT2D eigenvalue weighted by atomic mass is 10.3. The van der Waals surface area contributed by atoms with E-state index in [0.717, 1.165) is 0 Å². The monoisotopic (exact) mass is 196 g/mol. The molecule has 1 amide bonds. The van der Waals surface area contributed by atoms with Gasteiger partial charge in [-0.25, -0.2) is 4.98 Å². The second kappa shape index (κ2) is 5.18. The highest BCUT2D eigenvalue weighted by Gasteiger charge is 2.05. The minimum Gasteiger partial charge on any atom is -0.495 e. The van der Waals surface area contributed by atoms with Crippen LogP contribution in [0.3, 0.4) is 0 Å². The first-order chi connectivity index (χ1) is 6.77. The van der Waals surface area contributed by atoms with Gasteiger partial charge in [0.05, 0.1) is 19.9 Å². The van der Waals surface area contributed by atoms with E-state index < -0.39 is 0 Å². The van der Waals surface area contributed by atoms with Crippen LogP contribution in [0.15, 0.2) is 18.3 Å². The highest BCUT2D eigenvalue weighted by Crippen LogP contribution is 2.07. The van der Waals surface area contributed by atoms with Crippen LogP contribution in [0, 0.1) is 0 Å². The Balaban J connectivity index is 2.62. The molecule has 5 nitrogen and oxygen atoms in total. The van der Waals surface area contributed by atoms with Crippen LogP contribution in [-0.4, -0.2) is 36.3 Å². The number of aliphatic hydroxyl groups is 1. The molecule has 2 N–H and O–H groups in total. The summed E-state index contributed by atoms with van der Waals surface area (Å²) >= 11 is 0. The summed E-state index contributed by atoms with van der Waals surface area (Å²) in [6.45, 7) is 0.147. The number of nitrogens with zero attached hydrogens (tertiary/aromatic N) is 1. The molecule has 14 heavy (non-hydrogen) atoms. The first kappa shape index (κ1) is 10.5. The Bertz CT molecular complexity index is 297. The van der Waals surface area contributed by atoms with Gasteiger partial charge < -0.3 is 15.2 Å². The van der Waals surface area contributed by atoms with Gasteiger partial charge in [0.1, 0.15) is 11.4 Å². The third-order valence-corrected chi connectivity index (χ3v) is 1.60. The highest BCUT2D eigenvalue weighted by molar-refractivity contribution is 5.92. The van der Waals surface area contributed by atoms with Gasteiger partial charge in [0.2, 0.25) is 0 Å². The Morgan fingerprint density at radius 3 is 2.93 bits per heavy atom. The van der Waals surface area contributed by atoms with Gasteiger partial charge in [-0.3, -0.25) is 4.79 Å². The van der Waals surface area contributed by atoms with Gasteiger partial charge in [-0.2, -0.15) is 0 Å². The van der Waals surface area contributed by atoms with Crippen molar-refractivity contribution in [3.05, 3.63) is 24.0 Å². The van der Waals surface area contributed by atoms with Crippen molar-refractivity contribution in [1.82, 2.24) is 10.3 Å². The summed E-state index contributed by atoms with van der Waals surface area (Å²) in [5.74, 6) is 0.297. The molecule has 0 saturated heterocycles. The lowest BCUT2D eigenvalue weighted by molar-refractivity contribution is 0.0939. The fourth-order valence-electron chi connectivity index (χ4n) is 0.895. The molecule has 0 aromatic carbocycles. The van der Waals surface area contributed by atoms with Crippen molar-refractivity contribution in [2.45, 2.75) is 0 Å². The number of pyridine rings is 1. The van der Waals surface area contributed by atoms with Crippen molar-refractivity contribution in [2.75, 3.05) is 20.3 Å². The maximum atomic E-state index is 11.3. The summed E-state index contributed by atoms with van der Waals surface area (Å²) in [7, 11) is 1.53. The molecule has 0 spiro atoms. The van der Waals surface area contributed by atoms with Gasteiger partial charge >= 0.3 is 0 Å². The summed E-state index contributed by atoms with van der Waals surface area (Å²) in [6, 6.07) is 3.21. The summed E-state index contributed by atoms with van der Waals surface area (Å²) < 4.78 is 4.90. The number of aromatic nitrogens is 1. The van der Waals surface area contributed by atoms with E-state index in [-0.39, 0.29) is 19.1 Å². The van der Waals surface area contributed by atoms with Crippen LogP contribution >= 0.6 is 0 Å². The topological polar surface area (TPSA) is 71.5 Å². The Morgan fingerprint density at radius 2 is 2.43 bits per heavy atom. The Morgan fingerprint density at radius 1 is 1.64 bits per heavy atom. The summed E-state index contributed by atoms with van der Waals surface area (Å²) in [4.78, 5) is 15.2. The standard InChI is InChI=1S/C9H12N2O3/c1-14-7-2-3-8(11-6-7)9(13)10-4-5-12/h2-3,6,12H,4-5H2,1H3,(H,10,13). The fraction of sp³-hybridized carbons (Fsp3) is 0.333. The third-order valence-electron chi connectivity index (χ3n) is 1.60. The minimum absolute atomic E-state index is 0.0815. The minimum atomic E-state index is -0.304. The molecule has 0 aliphatic carbocycles. The summed E-state index contributed by atoms with van der Waals surface area (Å²) in [5.41, 5.74) is 0.305. The zero-order valence-electron chi connectivity index (χ0n) is 7.86. The number of rotatable bonds is 4. The van der Waals surface area contributed by atoms with Gasteiger partial charge in [0, 0.05) is 6.54 Å². The van der Waals surface area contributed by atoms with Crippen LogP contribution in [0.25, 0.3) is 0 Å². The van der Waals surface area contributed by atoms with Gasteiger partial charge in [0.15, 0.2) is 0 Å². The second-order valence-electron chi connectivity index (χ2n) is 2.56. The van der Waals surface area contributed by atoms with Crippen LogP contribution in [0.2, 0.25) is 0 Å². The zero-order chi connectivity index (χ0) is 10.4. The van der Waals surface area contributed by atoms with Gasteiger partial charge in [0.25, 0.3) is 5.91 Å². The quantitative estimate of drug-likeness (QED) is 0.700. The molecule has 0 radical (unpaired) electrons. The molecule has 0 unspecified atom stereocenters. The number of aliphatic hydroxyl groups excluding tert-OH is 1. The van der Waals surface area contributed by atoms with Crippen molar-refractivity contribution < 1.29 is 14.6 Å². The van der Waals surface area contributed by atoms with Crippen molar-refractivity contribution >= 4 is 5.91 Å². The SMILES string of the molecule is COc1ccc(C(=O)NCCO)nc1. The van der Waals surface area contributed by atoms with E-state index >= 15 is 0 Å². The van der Waals surface area contributed by atoms with E-state index in [1.807, 2.05) is 0 Å². The highest BCUT2D eigenvalue weighted by atomic mass is 16.5. The van der Waals surface area contributed by atoms with Crippen molar-refractivity contribution in [1.29, 1.82) is 0 Å². The van der Waals surface area contributed by atoms with E-state index in [1.165, 1.54) is 13.3 Å². The molecule has 0 aliphatic heterocycles. The van der Waals surface area contributed by atoms with Crippen LogP contribution in [-0.2, 0) is 0 Å². The molecular formula is C9H12N2O3. The van der Waals surface area contributed by atoms with E-state index in [1.54, 1.807) is 12.1 Å². The number of carbonyl (C=O) groups excluding carboxylic acids is 1. The first-order valence-corrected chi connectivity index (χ1v) is 4.17. The first-order valence-electron chi connectivity index (χ1n) is 4.17. The van der Waals surface area contributed by atoms with Crippen molar-refractivity contribution in [3.63, 3.8) is 0 Å². The van der Waals surface area contributed by atoms with Crippen molar-refractivity contribution in [3.8, 4) is 5.75 Å². The van der Waals surface area contributed by atoms with Gasteiger partial charge in [-0.1, -0.05) is 0 Å². The van der Waals surface area contributed by atoms with Crippen molar-refractivity contribution in [2.24, 2.45) is 0 Å². The van der Waals surface area contributed by atoms with E-state index in [4.69, 9.17) is 9.84 Å². The molecule has 0 aliphatic rings. The second-order valence-corrected chi connectivity index (χ2v) is 2.56. The molecule has 1 aromatic heterocycles. The maximum Gasteiger partial charge on any atom is 0.269 e. The molecule has 76 valence electrons.